The van der Waals surface area contributed by atoms with Crippen LogP contribution in [-0.4, -0.2) is 36.4 Å². The number of ether oxygens (including phenoxy) is 2. The van der Waals surface area contributed by atoms with E-state index in [-0.39, 0.29) is 25.2 Å². The second-order valence-electron chi connectivity index (χ2n) is 12.9. The van der Waals surface area contributed by atoms with Crippen LogP contribution in [0.3, 0.4) is 0 Å². The summed E-state index contributed by atoms with van der Waals surface area (Å²) < 4.78 is 10.6. The van der Waals surface area contributed by atoms with Gasteiger partial charge in [-0.05, 0) is 96.3 Å². The SMILES string of the molecule is CC/C=C\C/C=C\C/C=C\C/C=C\C/C=C\C/C=C\CCCCC(=O)OC(CO)COC(=O)CCCCCCCCC/C=C\C/C=C\C/C=C\CC. The number of aliphatic hydroxyl groups excluding tert-OH is 1. The third-order valence-electron chi connectivity index (χ3n) is 8.06. The van der Waals surface area contributed by atoms with E-state index in [1.54, 1.807) is 0 Å². The van der Waals surface area contributed by atoms with Crippen LogP contribution in [0.5, 0.6) is 0 Å². The molecule has 0 spiro atoms. The van der Waals surface area contributed by atoms with Crippen molar-refractivity contribution in [2.45, 2.75) is 161 Å². The normalized spacial score (nSPS) is 13.4. The van der Waals surface area contributed by atoms with Gasteiger partial charge in [-0.15, -0.1) is 0 Å². The molecule has 0 aromatic rings. The number of aliphatic hydroxyl groups is 1. The summed E-state index contributed by atoms with van der Waals surface area (Å²) in [6.07, 6.45) is 60.1. The highest BCUT2D eigenvalue weighted by Gasteiger charge is 2.16. The van der Waals surface area contributed by atoms with E-state index in [2.05, 4.69) is 123 Å². The molecule has 0 aromatic heterocycles. The average Bonchev–Trinajstić information content (AvgIpc) is 3.15. The van der Waals surface area contributed by atoms with Crippen molar-refractivity contribution in [3.8, 4) is 0 Å². The molecule has 0 fully saturated rings. The zero-order chi connectivity index (χ0) is 37.8. The zero-order valence-corrected chi connectivity index (χ0v) is 33.0. The minimum absolute atomic E-state index is 0.0966. The molecule has 1 atom stereocenters. The fraction of sp³-hybridized carbons (Fsp3) is 0.574. The van der Waals surface area contributed by atoms with Gasteiger partial charge in [0.25, 0.3) is 0 Å². The lowest BCUT2D eigenvalue weighted by atomic mass is 10.1. The molecular weight excluding hydrogens is 645 g/mol. The Balaban J connectivity index is 3.71. The van der Waals surface area contributed by atoms with E-state index >= 15 is 0 Å². The Morgan fingerprint density at radius 1 is 0.442 bits per heavy atom. The van der Waals surface area contributed by atoms with Crippen LogP contribution in [0.2, 0.25) is 0 Å². The van der Waals surface area contributed by atoms with Crippen LogP contribution in [0.1, 0.15) is 155 Å². The highest BCUT2D eigenvalue weighted by Crippen LogP contribution is 2.11. The van der Waals surface area contributed by atoms with Crippen molar-refractivity contribution in [1.82, 2.24) is 0 Å². The molecule has 292 valence electrons. The smallest absolute Gasteiger partial charge is 0.306 e. The molecule has 1 N–H and O–H groups in total. The Morgan fingerprint density at radius 3 is 1.19 bits per heavy atom. The largest absolute Gasteiger partial charge is 0.462 e. The monoisotopic (exact) mass is 719 g/mol. The minimum Gasteiger partial charge on any atom is -0.462 e. The van der Waals surface area contributed by atoms with Gasteiger partial charge in [-0.25, -0.2) is 0 Å². The van der Waals surface area contributed by atoms with Gasteiger partial charge in [-0.2, -0.15) is 0 Å². The predicted molar refractivity (Wildman–Crippen MR) is 223 cm³/mol. The molecular formula is C47H74O5. The first-order chi connectivity index (χ1) is 25.6. The summed E-state index contributed by atoms with van der Waals surface area (Å²) in [5.74, 6) is -0.665. The summed E-state index contributed by atoms with van der Waals surface area (Å²) >= 11 is 0. The van der Waals surface area contributed by atoms with Crippen LogP contribution in [0, 0.1) is 0 Å². The minimum atomic E-state index is -0.806. The molecule has 0 heterocycles. The van der Waals surface area contributed by atoms with Crippen LogP contribution in [0.15, 0.2) is 109 Å². The highest BCUT2D eigenvalue weighted by molar-refractivity contribution is 5.70. The molecule has 52 heavy (non-hydrogen) atoms. The molecule has 0 radical (unpaired) electrons. The van der Waals surface area contributed by atoms with Gasteiger partial charge in [0.15, 0.2) is 6.10 Å². The highest BCUT2D eigenvalue weighted by atomic mass is 16.6. The summed E-state index contributed by atoms with van der Waals surface area (Å²) in [6, 6.07) is 0. The second kappa shape index (κ2) is 42.0. The topological polar surface area (TPSA) is 72.8 Å². The van der Waals surface area contributed by atoms with Gasteiger partial charge in [0, 0.05) is 12.8 Å². The fourth-order valence-corrected chi connectivity index (χ4v) is 5.04. The van der Waals surface area contributed by atoms with Gasteiger partial charge >= 0.3 is 11.9 Å². The Kier molecular flexibility index (Phi) is 39.2. The van der Waals surface area contributed by atoms with E-state index in [4.69, 9.17) is 9.47 Å². The van der Waals surface area contributed by atoms with Gasteiger partial charge in [0.2, 0.25) is 0 Å². The van der Waals surface area contributed by atoms with E-state index in [0.29, 0.717) is 12.8 Å². The summed E-state index contributed by atoms with van der Waals surface area (Å²) in [6.45, 7) is 3.85. The summed E-state index contributed by atoms with van der Waals surface area (Å²) in [4.78, 5) is 24.3. The maximum absolute atomic E-state index is 12.2. The lowest BCUT2D eigenvalue weighted by molar-refractivity contribution is -0.161. The Hall–Kier alpha value is -3.44. The summed E-state index contributed by atoms with van der Waals surface area (Å²) in [7, 11) is 0. The molecule has 5 nitrogen and oxygen atoms in total. The fourth-order valence-electron chi connectivity index (χ4n) is 5.04. The van der Waals surface area contributed by atoms with Gasteiger partial charge in [0.1, 0.15) is 6.61 Å². The van der Waals surface area contributed by atoms with E-state index in [9.17, 15) is 14.7 Å². The van der Waals surface area contributed by atoms with Crippen molar-refractivity contribution in [3.63, 3.8) is 0 Å². The molecule has 5 heteroatoms. The van der Waals surface area contributed by atoms with E-state index in [1.807, 2.05) is 0 Å². The van der Waals surface area contributed by atoms with E-state index < -0.39 is 6.10 Å². The van der Waals surface area contributed by atoms with E-state index in [0.717, 1.165) is 103 Å². The van der Waals surface area contributed by atoms with Crippen molar-refractivity contribution >= 4 is 11.9 Å². The van der Waals surface area contributed by atoms with Crippen LogP contribution < -0.4 is 0 Å². The van der Waals surface area contributed by atoms with Gasteiger partial charge in [0.05, 0.1) is 6.61 Å². The molecule has 0 aliphatic carbocycles. The third-order valence-corrected chi connectivity index (χ3v) is 8.06. The number of hydrogen-bond acceptors (Lipinski definition) is 5. The molecule has 0 aliphatic heterocycles. The van der Waals surface area contributed by atoms with Gasteiger partial charge < -0.3 is 14.6 Å². The zero-order valence-electron chi connectivity index (χ0n) is 33.0. The number of esters is 2. The Morgan fingerprint density at radius 2 is 0.769 bits per heavy atom. The summed E-state index contributed by atoms with van der Waals surface area (Å²) in [5.41, 5.74) is 0. The number of allylic oxidation sites excluding steroid dienone is 18. The Labute approximate surface area is 319 Å². The third kappa shape index (κ3) is 39.3. The van der Waals surface area contributed by atoms with Gasteiger partial charge in [-0.3, -0.25) is 9.59 Å². The molecule has 0 aromatic carbocycles. The maximum atomic E-state index is 12.2. The van der Waals surface area contributed by atoms with Crippen LogP contribution in [-0.2, 0) is 19.1 Å². The number of carbonyl (C=O) groups excluding carboxylic acids is 2. The molecule has 0 bridgehead atoms. The first kappa shape index (κ1) is 48.6. The number of unbranched alkanes of at least 4 members (excludes halogenated alkanes) is 9. The second-order valence-corrected chi connectivity index (χ2v) is 12.9. The molecule has 0 amide bonds. The molecule has 0 rings (SSSR count). The maximum Gasteiger partial charge on any atom is 0.306 e. The van der Waals surface area contributed by atoms with Gasteiger partial charge in [-0.1, -0.05) is 155 Å². The summed E-state index contributed by atoms with van der Waals surface area (Å²) in [5, 5.41) is 9.56. The van der Waals surface area contributed by atoms with E-state index in [1.165, 1.54) is 25.7 Å². The molecule has 0 saturated carbocycles. The molecule has 0 saturated heterocycles. The standard InChI is InChI=1S/C47H74O5/c1-3-5-7-9-11-13-15-17-19-21-22-23-24-26-28-30-32-34-36-38-40-42-47(50)52-45(43-48)44-51-46(49)41-39-37-35-33-31-29-27-25-20-18-16-14-12-10-8-6-4-2/h5-8,11-14,17-20,22-23,26,28,32,34,45,48H,3-4,9-10,15-16,21,24-25,27,29-31,33,35-44H2,1-2H3/b7-5-,8-6-,13-11-,14-12-,19-17-,20-18-,23-22-,28-26-,34-32-. The van der Waals surface area contributed by atoms with Crippen molar-refractivity contribution < 1.29 is 24.2 Å². The number of rotatable bonds is 35. The van der Waals surface area contributed by atoms with Crippen molar-refractivity contribution in [2.75, 3.05) is 13.2 Å². The number of hydrogen-bond donors (Lipinski definition) is 1. The first-order valence-corrected chi connectivity index (χ1v) is 20.4. The van der Waals surface area contributed by atoms with Crippen LogP contribution >= 0.6 is 0 Å². The average molecular weight is 719 g/mol. The van der Waals surface area contributed by atoms with Crippen LogP contribution in [0.25, 0.3) is 0 Å². The van der Waals surface area contributed by atoms with Crippen molar-refractivity contribution in [3.05, 3.63) is 109 Å². The predicted octanol–water partition coefficient (Wildman–Crippen LogP) is 13.1. The molecule has 1 unspecified atom stereocenters. The van der Waals surface area contributed by atoms with Crippen LogP contribution in [0.4, 0.5) is 0 Å². The lowest BCUT2D eigenvalue weighted by Crippen LogP contribution is -2.28. The lowest BCUT2D eigenvalue weighted by Gasteiger charge is -2.15. The van der Waals surface area contributed by atoms with Crippen molar-refractivity contribution in [1.29, 1.82) is 0 Å². The number of carbonyl (C=O) groups is 2. The molecule has 0 aliphatic rings. The first-order valence-electron chi connectivity index (χ1n) is 20.4. The quantitative estimate of drug-likeness (QED) is 0.0401. The van der Waals surface area contributed by atoms with Crippen molar-refractivity contribution in [2.24, 2.45) is 0 Å². The Bertz CT molecular complexity index is 1090.